The summed E-state index contributed by atoms with van der Waals surface area (Å²) in [6.07, 6.45) is 13.1. The predicted octanol–water partition coefficient (Wildman–Crippen LogP) is 20.2. The molecule has 4 nitrogen and oxygen atoms in total. The Morgan fingerprint density at radius 1 is 0.242 bits per heavy atom. The summed E-state index contributed by atoms with van der Waals surface area (Å²) in [4.78, 5) is 0. The van der Waals surface area contributed by atoms with Crippen LogP contribution in [0.25, 0.3) is 110 Å². The Hall–Kier alpha value is -9.94. The molecule has 2 aliphatic carbocycles. The lowest BCUT2D eigenvalue weighted by Crippen LogP contribution is -2.75. The lowest BCUT2D eigenvalue weighted by molar-refractivity contribution is 0.444. The topological polar surface area (TPSA) is 19.7 Å². The number of hydrogen-bond donors (Lipinski definition) is 0. The van der Waals surface area contributed by atoms with Gasteiger partial charge in [0.25, 0.3) is 0 Å². The predicted molar refractivity (Wildman–Crippen MR) is 389 cm³/mol. The number of hydrogen-bond acceptors (Lipinski definition) is 0. The Morgan fingerprint density at radius 3 is 0.967 bits per heavy atom. The zero-order valence-corrected chi connectivity index (χ0v) is 52.9. The van der Waals surface area contributed by atoms with Crippen molar-refractivity contribution in [1.29, 1.82) is 0 Å². The first-order chi connectivity index (χ1) is 44.9. The standard InChI is InChI=1S/C86H72N4Si/c1-57-47-65(89-81-37-21-17-33-73(81)77-55-63(41-45-83(77)89)87-79-35-19-15-31-71(79)75-43-39-61(51-85(75)87)59-23-7-3-8-24-59)53-69(49-57)91(67-27-11-5-12-28-67,68-29-13-6-14-30-68)70-50-58(2)48-66(54-70)90-82-38-22-18-34-74(82)78-56-64(42-46-84(78)90)88-80-36-20-16-32-72(80)76-44-40-62(52-86(76)88)60-25-9-4-10-26-60/h5-6,11-22,27-56,59-60H,3-4,7-10,23-26H2,1-2H3. The Bertz CT molecular complexity index is 5180. The highest BCUT2D eigenvalue weighted by atomic mass is 28.3. The molecule has 0 bridgehead atoms. The quantitative estimate of drug-likeness (QED) is 0.0961. The molecule has 0 N–H and O–H groups in total. The molecule has 12 aromatic carbocycles. The summed E-state index contributed by atoms with van der Waals surface area (Å²) in [7, 11) is -3.18. The van der Waals surface area contributed by atoms with Crippen LogP contribution in [-0.2, 0) is 0 Å². The van der Waals surface area contributed by atoms with Gasteiger partial charge in [-0.1, -0.05) is 208 Å². The summed E-state index contributed by atoms with van der Waals surface area (Å²) in [6.45, 7) is 4.61. The van der Waals surface area contributed by atoms with Crippen molar-refractivity contribution in [3.63, 3.8) is 0 Å². The number of para-hydroxylation sites is 4. The average molecular weight is 1190 g/mol. The maximum Gasteiger partial charge on any atom is 0.179 e. The highest BCUT2D eigenvalue weighted by molar-refractivity contribution is 7.20. The van der Waals surface area contributed by atoms with Crippen LogP contribution in [0.5, 0.6) is 0 Å². The molecule has 0 unspecified atom stereocenters. The molecule has 440 valence electrons. The SMILES string of the molecule is Cc1cc(-n2c3ccccc3c3cc(-n4c5ccccc5c5ccc(C6CCCCC6)cc54)ccc32)cc([Si](c2ccccc2)(c2ccccc2)c2cc(C)cc(-n3c4ccccc4c4cc(-n5c6ccccc6c6ccc(C7CCCCC7)cc65)ccc43)c2)c1. The van der Waals surface area contributed by atoms with E-state index in [1.54, 1.807) is 0 Å². The molecule has 0 aliphatic heterocycles. The summed E-state index contributed by atoms with van der Waals surface area (Å²) in [5, 5.41) is 15.6. The molecule has 2 saturated carbocycles. The van der Waals surface area contributed by atoms with Gasteiger partial charge in [-0.15, -0.1) is 0 Å². The van der Waals surface area contributed by atoms with Crippen LogP contribution in [0.4, 0.5) is 0 Å². The van der Waals surface area contributed by atoms with Gasteiger partial charge in [-0.05, 0) is 191 Å². The van der Waals surface area contributed by atoms with Gasteiger partial charge >= 0.3 is 0 Å². The molecule has 0 amide bonds. The van der Waals surface area contributed by atoms with E-state index in [1.165, 1.54) is 217 Å². The van der Waals surface area contributed by atoms with Crippen LogP contribution >= 0.6 is 0 Å². The first-order valence-electron chi connectivity index (χ1n) is 33.4. The number of benzene rings is 12. The summed E-state index contributed by atoms with van der Waals surface area (Å²) in [5.74, 6) is 1.24. The van der Waals surface area contributed by atoms with E-state index in [2.05, 4.69) is 299 Å². The third-order valence-corrected chi connectivity index (χ3v) is 26.0. The van der Waals surface area contributed by atoms with Crippen molar-refractivity contribution in [2.24, 2.45) is 0 Å². The molecule has 0 saturated heterocycles. The van der Waals surface area contributed by atoms with E-state index in [0.29, 0.717) is 11.8 Å². The van der Waals surface area contributed by atoms with Gasteiger partial charge in [-0.2, -0.15) is 0 Å². The van der Waals surface area contributed by atoms with E-state index >= 15 is 0 Å². The van der Waals surface area contributed by atoms with Crippen LogP contribution in [-0.4, -0.2) is 26.3 Å². The van der Waals surface area contributed by atoms with Gasteiger partial charge in [0.15, 0.2) is 8.07 Å². The largest absolute Gasteiger partial charge is 0.309 e. The van der Waals surface area contributed by atoms with Gasteiger partial charge in [-0.3, -0.25) is 0 Å². The maximum absolute atomic E-state index is 3.18. The molecule has 2 aliphatic rings. The average Bonchev–Trinajstić information content (AvgIpc) is 1.75. The number of nitrogens with zero attached hydrogens (tertiary/aromatic N) is 4. The smallest absolute Gasteiger partial charge is 0.179 e. The fourth-order valence-electron chi connectivity index (χ4n) is 17.3. The molecule has 18 rings (SSSR count). The van der Waals surface area contributed by atoms with Crippen molar-refractivity contribution in [1.82, 2.24) is 18.3 Å². The van der Waals surface area contributed by atoms with E-state index in [9.17, 15) is 0 Å². The molecule has 0 spiro atoms. The second-order valence-electron chi connectivity index (χ2n) is 26.6. The van der Waals surface area contributed by atoms with Crippen molar-refractivity contribution >= 4 is 116 Å². The fraction of sp³-hybridized carbons (Fsp3) is 0.163. The van der Waals surface area contributed by atoms with Crippen LogP contribution in [0, 0.1) is 13.8 Å². The molecule has 4 aromatic heterocycles. The van der Waals surface area contributed by atoms with E-state index in [0.717, 1.165) is 0 Å². The van der Waals surface area contributed by atoms with Gasteiger partial charge in [0.05, 0.1) is 44.1 Å². The minimum atomic E-state index is -3.18. The molecular formula is C86H72N4Si. The van der Waals surface area contributed by atoms with Crippen LogP contribution < -0.4 is 20.7 Å². The van der Waals surface area contributed by atoms with E-state index in [1.807, 2.05) is 0 Å². The normalized spacial score (nSPS) is 14.6. The Morgan fingerprint density at radius 2 is 0.571 bits per heavy atom. The fourth-order valence-corrected chi connectivity index (χ4v) is 22.3. The zero-order valence-electron chi connectivity index (χ0n) is 51.9. The number of rotatable bonds is 10. The third kappa shape index (κ3) is 8.61. The van der Waals surface area contributed by atoms with Gasteiger partial charge < -0.3 is 18.3 Å². The second kappa shape index (κ2) is 21.6. The maximum atomic E-state index is 2.57. The zero-order chi connectivity index (χ0) is 60.3. The number of aromatic nitrogens is 4. The van der Waals surface area contributed by atoms with Crippen LogP contribution in [0.1, 0.15) is 98.3 Å². The van der Waals surface area contributed by atoms with Gasteiger partial charge in [0.2, 0.25) is 0 Å². The molecule has 2 fully saturated rings. The third-order valence-electron chi connectivity index (χ3n) is 21.3. The van der Waals surface area contributed by atoms with E-state index in [4.69, 9.17) is 0 Å². The summed E-state index contributed by atoms with van der Waals surface area (Å²) < 4.78 is 10.2. The number of fused-ring (bicyclic) bond motifs is 12. The van der Waals surface area contributed by atoms with Gasteiger partial charge in [-0.25, -0.2) is 0 Å². The molecule has 91 heavy (non-hydrogen) atoms. The first-order valence-corrected chi connectivity index (χ1v) is 35.4. The summed E-state index contributed by atoms with van der Waals surface area (Å²) in [5.41, 5.74) is 20.1. The number of aryl methyl sites for hydroxylation is 2. The Kier molecular flexibility index (Phi) is 12.8. The minimum absolute atomic E-state index is 0.621. The summed E-state index contributed by atoms with van der Waals surface area (Å²) >= 11 is 0. The summed E-state index contributed by atoms with van der Waals surface area (Å²) in [6, 6.07) is 103. The second-order valence-corrected chi connectivity index (χ2v) is 30.4. The van der Waals surface area contributed by atoms with E-state index < -0.39 is 8.07 Å². The Balaban J connectivity index is 0.821. The van der Waals surface area contributed by atoms with Crippen molar-refractivity contribution in [3.05, 3.63) is 289 Å². The molecular weight excluding hydrogens is 1120 g/mol. The van der Waals surface area contributed by atoms with Crippen molar-refractivity contribution in [2.75, 3.05) is 0 Å². The highest BCUT2D eigenvalue weighted by Crippen LogP contribution is 2.43. The molecule has 4 heterocycles. The molecule has 5 heteroatoms. The molecule has 16 aromatic rings. The van der Waals surface area contributed by atoms with Crippen LogP contribution in [0.3, 0.4) is 0 Å². The van der Waals surface area contributed by atoms with Crippen molar-refractivity contribution in [2.45, 2.75) is 89.9 Å². The minimum Gasteiger partial charge on any atom is -0.309 e. The van der Waals surface area contributed by atoms with Crippen molar-refractivity contribution < 1.29 is 0 Å². The van der Waals surface area contributed by atoms with E-state index in [-0.39, 0.29) is 0 Å². The van der Waals surface area contributed by atoms with Gasteiger partial charge in [0, 0.05) is 65.8 Å². The van der Waals surface area contributed by atoms with Crippen LogP contribution in [0.15, 0.2) is 267 Å². The molecule has 0 atom stereocenters. The van der Waals surface area contributed by atoms with Crippen LogP contribution in [0.2, 0.25) is 0 Å². The lowest BCUT2D eigenvalue weighted by atomic mass is 9.84. The highest BCUT2D eigenvalue weighted by Gasteiger charge is 2.42. The van der Waals surface area contributed by atoms with Crippen molar-refractivity contribution in [3.8, 4) is 22.7 Å². The lowest BCUT2D eigenvalue weighted by Gasteiger charge is -2.35. The molecule has 0 radical (unpaired) electrons. The Labute approximate surface area is 532 Å². The first kappa shape index (κ1) is 54.0. The monoisotopic (exact) mass is 1190 g/mol. The van der Waals surface area contributed by atoms with Gasteiger partial charge in [0.1, 0.15) is 0 Å².